The molecule has 0 saturated carbocycles. The molecular weight excluding hydrogens is 322 g/mol. The minimum absolute atomic E-state index is 0.0224. The lowest BCUT2D eigenvalue weighted by atomic mass is 10.1. The highest BCUT2D eigenvalue weighted by Gasteiger charge is 2.25. The first-order valence-electron chi connectivity index (χ1n) is 7.65. The molecule has 24 heavy (non-hydrogen) atoms. The van der Waals surface area contributed by atoms with Crippen LogP contribution in [0.5, 0.6) is 0 Å². The lowest BCUT2D eigenvalue weighted by Gasteiger charge is -2.17. The maximum atomic E-state index is 11.7. The number of carbonyl (C=O) groups excluding carboxylic acids is 2. The summed E-state index contributed by atoms with van der Waals surface area (Å²) in [6, 6.07) is 12.0. The Kier molecular flexibility index (Phi) is 5.05. The van der Waals surface area contributed by atoms with E-state index >= 15 is 0 Å². The number of nitrogens with zero attached hydrogens (tertiary/aromatic N) is 3. The molecule has 0 unspecified atom stereocenters. The van der Waals surface area contributed by atoms with Crippen LogP contribution in [-0.4, -0.2) is 34.5 Å². The zero-order chi connectivity index (χ0) is 16.9. The first kappa shape index (κ1) is 16.4. The largest absolute Gasteiger partial charge is 0.344 e. The summed E-state index contributed by atoms with van der Waals surface area (Å²) in [7, 11) is 1.94. The molecule has 122 valence electrons. The van der Waals surface area contributed by atoms with Gasteiger partial charge in [0.1, 0.15) is 0 Å². The van der Waals surface area contributed by atoms with Gasteiger partial charge in [0.2, 0.25) is 11.1 Å². The third-order valence-electron chi connectivity index (χ3n) is 3.67. The summed E-state index contributed by atoms with van der Waals surface area (Å²) in [5.74, 6) is 0.463. The Hall–Kier alpha value is -2.47. The van der Waals surface area contributed by atoms with E-state index in [1.807, 2.05) is 30.1 Å². The Morgan fingerprint density at radius 2 is 2.00 bits per heavy atom. The first-order chi connectivity index (χ1) is 11.6. The molecule has 2 aromatic rings. The van der Waals surface area contributed by atoms with E-state index in [0.29, 0.717) is 16.5 Å². The van der Waals surface area contributed by atoms with Gasteiger partial charge in [0.25, 0.3) is 0 Å². The molecular formula is C18H17N3O2S. The number of carbonyl (C=O) groups is 2. The number of allylic oxidation sites excluding steroid dienone is 1. The Morgan fingerprint density at radius 1 is 1.21 bits per heavy atom. The van der Waals surface area contributed by atoms with Gasteiger partial charge in [-0.15, -0.1) is 0 Å². The van der Waals surface area contributed by atoms with Crippen molar-refractivity contribution in [2.24, 2.45) is 0 Å². The summed E-state index contributed by atoms with van der Waals surface area (Å²) in [5, 5.41) is -0.111. The van der Waals surface area contributed by atoms with E-state index in [2.05, 4.69) is 22.1 Å². The minimum Gasteiger partial charge on any atom is -0.344 e. The Morgan fingerprint density at radius 3 is 2.71 bits per heavy atom. The van der Waals surface area contributed by atoms with Crippen LogP contribution in [0.4, 0.5) is 5.95 Å². The van der Waals surface area contributed by atoms with Crippen LogP contribution in [0.1, 0.15) is 17.7 Å². The van der Waals surface area contributed by atoms with Crippen LogP contribution in [0.3, 0.4) is 0 Å². The molecule has 0 radical (unpaired) electrons. The predicted molar refractivity (Wildman–Crippen MR) is 95.6 cm³/mol. The van der Waals surface area contributed by atoms with Crippen LogP contribution < -0.4 is 4.90 Å². The fraction of sp³-hybridized carbons (Fsp3) is 0.222. The number of hydrogen-bond acceptors (Lipinski definition) is 6. The normalized spacial score (nSPS) is 16.0. The first-order valence-corrected chi connectivity index (χ1v) is 8.47. The third kappa shape index (κ3) is 4.08. The average molecular weight is 339 g/mol. The zero-order valence-electron chi connectivity index (χ0n) is 13.3. The lowest BCUT2D eigenvalue weighted by Crippen LogP contribution is -2.22. The van der Waals surface area contributed by atoms with Gasteiger partial charge in [0.05, 0.1) is 17.0 Å². The number of benzene rings is 1. The summed E-state index contributed by atoms with van der Waals surface area (Å²) in [6.45, 7) is 0.788. The number of ketones is 1. The molecule has 1 aromatic heterocycles. The topological polar surface area (TPSA) is 63.2 Å². The van der Waals surface area contributed by atoms with E-state index < -0.39 is 0 Å². The number of hydrogen-bond donors (Lipinski definition) is 0. The van der Waals surface area contributed by atoms with Crippen LogP contribution in [0.2, 0.25) is 0 Å². The standard InChI is InChI=1S/C18H17N3O2S/c1-21(10-8-13-5-3-2-4-6-13)18-19-9-7-14(20-18)11-16-15(22)12-17(23)24-16/h2-7,9,11H,8,10,12H2,1H3/b16-11-. The Balaban J connectivity index is 1.69. The van der Waals surface area contributed by atoms with Crippen molar-refractivity contribution in [1.82, 2.24) is 9.97 Å². The van der Waals surface area contributed by atoms with Crippen LogP contribution in [0, 0.1) is 0 Å². The third-order valence-corrected chi connectivity index (χ3v) is 4.60. The zero-order valence-corrected chi connectivity index (χ0v) is 14.1. The fourth-order valence-corrected chi connectivity index (χ4v) is 3.16. The van der Waals surface area contributed by atoms with E-state index in [-0.39, 0.29) is 17.3 Å². The van der Waals surface area contributed by atoms with E-state index in [1.54, 1.807) is 18.3 Å². The van der Waals surface area contributed by atoms with Gasteiger partial charge in [-0.2, -0.15) is 0 Å². The summed E-state index contributed by atoms with van der Waals surface area (Å²) in [6.07, 6.45) is 4.20. The summed E-state index contributed by atoms with van der Waals surface area (Å²) in [4.78, 5) is 34.2. The molecule has 2 heterocycles. The quantitative estimate of drug-likeness (QED) is 0.616. The second kappa shape index (κ2) is 7.40. The van der Waals surface area contributed by atoms with E-state index in [0.717, 1.165) is 24.7 Å². The van der Waals surface area contributed by atoms with Crippen molar-refractivity contribution < 1.29 is 9.59 Å². The number of likely N-dealkylation sites (N-methyl/N-ethyl adjacent to an activating group) is 1. The van der Waals surface area contributed by atoms with Crippen LogP contribution >= 0.6 is 11.8 Å². The molecule has 0 N–H and O–H groups in total. The van der Waals surface area contributed by atoms with Crippen molar-refractivity contribution in [3.8, 4) is 0 Å². The number of thioether (sulfide) groups is 1. The smallest absolute Gasteiger partial charge is 0.225 e. The summed E-state index contributed by atoms with van der Waals surface area (Å²) in [5.41, 5.74) is 1.89. The molecule has 0 aliphatic carbocycles. The van der Waals surface area contributed by atoms with Crippen LogP contribution in [-0.2, 0) is 16.0 Å². The molecule has 0 amide bonds. The summed E-state index contributed by atoms with van der Waals surface area (Å²) < 4.78 is 0. The van der Waals surface area contributed by atoms with Crippen molar-refractivity contribution in [3.05, 3.63) is 58.8 Å². The number of anilines is 1. The van der Waals surface area contributed by atoms with Gasteiger partial charge in [-0.3, -0.25) is 9.59 Å². The van der Waals surface area contributed by atoms with Gasteiger partial charge < -0.3 is 4.90 Å². The van der Waals surface area contributed by atoms with E-state index in [9.17, 15) is 9.59 Å². The van der Waals surface area contributed by atoms with Crippen molar-refractivity contribution in [3.63, 3.8) is 0 Å². The summed E-state index contributed by atoms with van der Waals surface area (Å²) >= 11 is 0.989. The maximum Gasteiger partial charge on any atom is 0.225 e. The molecule has 0 bridgehead atoms. The molecule has 1 fully saturated rings. The van der Waals surface area contributed by atoms with Gasteiger partial charge in [-0.05, 0) is 35.9 Å². The van der Waals surface area contributed by atoms with Crippen molar-refractivity contribution in [2.45, 2.75) is 12.8 Å². The van der Waals surface area contributed by atoms with Gasteiger partial charge in [0.15, 0.2) is 5.78 Å². The molecule has 5 nitrogen and oxygen atoms in total. The molecule has 0 spiro atoms. The van der Waals surface area contributed by atoms with Gasteiger partial charge in [-0.1, -0.05) is 30.3 Å². The van der Waals surface area contributed by atoms with Gasteiger partial charge in [0, 0.05) is 19.8 Å². The van der Waals surface area contributed by atoms with E-state index in [1.165, 1.54) is 5.56 Å². The van der Waals surface area contributed by atoms with Gasteiger partial charge in [-0.25, -0.2) is 9.97 Å². The monoisotopic (exact) mass is 339 g/mol. The van der Waals surface area contributed by atoms with Crippen molar-refractivity contribution in [2.75, 3.05) is 18.5 Å². The van der Waals surface area contributed by atoms with Crippen molar-refractivity contribution in [1.29, 1.82) is 0 Å². The highest BCUT2D eigenvalue weighted by Crippen LogP contribution is 2.30. The number of aromatic nitrogens is 2. The van der Waals surface area contributed by atoms with Crippen LogP contribution in [0.25, 0.3) is 6.08 Å². The lowest BCUT2D eigenvalue weighted by molar-refractivity contribution is -0.119. The molecule has 1 aliphatic heterocycles. The van der Waals surface area contributed by atoms with E-state index in [4.69, 9.17) is 0 Å². The molecule has 1 aromatic carbocycles. The Labute approximate surface area is 144 Å². The SMILES string of the molecule is CN(CCc1ccccc1)c1nccc(/C=C2\SC(=O)CC2=O)n1. The predicted octanol–water partition coefficient (Wildman–Crippen LogP) is 2.73. The average Bonchev–Trinajstić information content (AvgIpc) is 2.91. The minimum atomic E-state index is -0.136. The molecule has 1 saturated heterocycles. The molecule has 6 heteroatoms. The van der Waals surface area contributed by atoms with Gasteiger partial charge >= 0.3 is 0 Å². The number of rotatable bonds is 5. The maximum absolute atomic E-state index is 11.7. The molecule has 3 rings (SSSR count). The fourth-order valence-electron chi connectivity index (χ4n) is 2.35. The van der Waals surface area contributed by atoms with Crippen LogP contribution in [0.15, 0.2) is 47.5 Å². The number of Topliss-reactive ketones (excluding diaryl/α,β-unsaturated/α-hetero) is 1. The molecule has 0 atom stereocenters. The Bertz CT molecular complexity index is 790. The highest BCUT2D eigenvalue weighted by atomic mass is 32.2. The molecule has 1 aliphatic rings. The second-order valence-electron chi connectivity index (χ2n) is 5.52. The van der Waals surface area contributed by atoms with Crippen molar-refractivity contribution >= 4 is 34.7 Å². The second-order valence-corrected chi connectivity index (χ2v) is 6.62. The highest BCUT2D eigenvalue weighted by molar-refractivity contribution is 8.18.